The summed E-state index contributed by atoms with van der Waals surface area (Å²) in [6.07, 6.45) is -2.11. The number of Topliss-reactive ketones (excluding diaryl/α,β-unsaturated/α-hetero) is 1. The van der Waals surface area contributed by atoms with Crippen LogP contribution in [0.5, 0.6) is 11.5 Å². The first-order valence-corrected chi connectivity index (χ1v) is 13.4. The number of carbonyl (C=O) groups is 3. The van der Waals surface area contributed by atoms with E-state index in [9.17, 15) is 29.7 Å². The van der Waals surface area contributed by atoms with E-state index in [1.165, 1.54) is 19.1 Å². The SMILES string of the molecule is CC(=O)[C@]1(O)Cc2c(O)c3c(c(O)c2[C@@H](O[C@H]2C[C@H](NC(C)C)[C@H](C)[C@H](C)O2)C1)C(=O)c1ccccc1C3=O. The molecule has 0 saturated carbocycles. The van der Waals surface area contributed by atoms with Crippen LogP contribution in [0.4, 0.5) is 0 Å². The zero-order valence-electron chi connectivity index (χ0n) is 22.8. The van der Waals surface area contributed by atoms with E-state index in [0.29, 0.717) is 6.42 Å². The van der Waals surface area contributed by atoms with Crippen LogP contribution < -0.4 is 5.32 Å². The Morgan fingerprint density at radius 1 is 1.08 bits per heavy atom. The van der Waals surface area contributed by atoms with E-state index in [1.807, 2.05) is 20.8 Å². The number of fused-ring (bicyclic) bond motifs is 3. The molecule has 0 amide bonds. The lowest BCUT2D eigenvalue weighted by Crippen LogP contribution is -2.52. The molecule has 6 atom stereocenters. The van der Waals surface area contributed by atoms with Crippen LogP contribution in [-0.2, 0) is 20.7 Å². The number of benzene rings is 2. The summed E-state index contributed by atoms with van der Waals surface area (Å²) in [5, 5.41) is 37.7. The van der Waals surface area contributed by atoms with Crippen molar-refractivity contribution in [2.24, 2.45) is 5.92 Å². The summed E-state index contributed by atoms with van der Waals surface area (Å²) in [5.74, 6) is -2.60. The lowest BCUT2D eigenvalue weighted by atomic mass is 9.72. The van der Waals surface area contributed by atoms with Gasteiger partial charge in [-0.05, 0) is 19.8 Å². The van der Waals surface area contributed by atoms with E-state index in [1.54, 1.807) is 12.1 Å². The average Bonchev–Trinajstić information content (AvgIpc) is 2.87. The van der Waals surface area contributed by atoms with Crippen molar-refractivity contribution in [3.05, 3.63) is 57.6 Å². The summed E-state index contributed by atoms with van der Waals surface area (Å²) in [4.78, 5) is 39.4. The minimum absolute atomic E-state index is 0.00909. The van der Waals surface area contributed by atoms with Gasteiger partial charge in [-0.2, -0.15) is 0 Å². The zero-order chi connectivity index (χ0) is 28.4. The Morgan fingerprint density at radius 2 is 1.67 bits per heavy atom. The Bertz CT molecular complexity index is 1370. The predicted molar refractivity (Wildman–Crippen MR) is 141 cm³/mol. The van der Waals surface area contributed by atoms with Crippen LogP contribution in [0.1, 0.15) is 96.5 Å². The monoisotopic (exact) mass is 537 g/mol. The predicted octanol–water partition coefficient (Wildman–Crippen LogP) is 3.33. The third kappa shape index (κ3) is 4.47. The molecule has 2 aliphatic carbocycles. The van der Waals surface area contributed by atoms with Crippen molar-refractivity contribution in [2.45, 2.75) is 90.1 Å². The highest BCUT2D eigenvalue weighted by atomic mass is 16.7. The molecule has 208 valence electrons. The third-order valence-corrected chi connectivity index (χ3v) is 8.48. The number of aliphatic hydroxyl groups is 1. The van der Waals surface area contributed by atoms with Gasteiger partial charge in [0.15, 0.2) is 23.6 Å². The van der Waals surface area contributed by atoms with Gasteiger partial charge in [-0.1, -0.05) is 45.0 Å². The Hall–Kier alpha value is -3.11. The highest BCUT2D eigenvalue weighted by Gasteiger charge is 2.49. The second-order valence-electron chi connectivity index (χ2n) is 11.4. The Labute approximate surface area is 227 Å². The molecule has 0 unspecified atom stereocenters. The van der Waals surface area contributed by atoms with Gasteiger partial charge >= 0.3 is 0 Å². The minimum Gasteiger partial charge on any atom is -0.507 e. The van der Waals surface area contributed by atoms with Gasteiger partial charge in [0.2, 0.25) is 0 Å². The number of rotatable bonds is 5. The number of nitrogens with one attached hydrogen (secondary N) is 1. The van der Waals surface area contributed by atoms with E-state index in [4.69, 9.17) is 9.47 Å². The Morgan fingerprint density at radius 3 is 2.23 bits per heavy atom. The van der Waals surface area contributed by atoms with Gasteiger partial charge in [-0.25, -0.2) is 0 Å². The highest BCUT2D eigenvalue weighted by Crippen LogP contribution is 2.52. The normalized spacial score (nSPS) is 30.1. The van der Waals surface area contributed by atoms with Crippen molar-refractivity contribution >= 4 is 17.3 Å². The van der Waals surface area contributed by atoms with Gasteiger partial charge in [0, 0.05) is 53.6 Å². The van der Waals surface area contributed by atoms with Gasteiger partial charge in [0.1, 0.15) is 17.1 Å². The van der Waals surface area contributed by atoms with Crippen molar-refractivity contribution in [2.75, 3.05) is 0 Å². The second-order valence-corrected chi connectivity index (χ2v) is 11.4. The van der Waals surface area contributed by atoms with Crippen LogP contribution in [0.3, 0.4) is 0 Å². The highest BCUT2D eigenvalue weighted by molar-refractivity contribution is 6.30. The summed E-state index contributed by atoms with van der Waals surface area (Å²) >= 11 is 0. The van der Waals surface area contributed by atoms with Crippen molar-refractivity contribution < 1.29 is 39.2 Å². The fourth-order valence-corrected chi connectivity index (χ4v) is 6.15. The summed E-state index contributed by atoms with van der Waals surface area (Å²) in [6, 6.07) is 6.49. The summed E-state index contributed by atoms with van der Waals surface area (Å²) < 4.78 is 12.5. The lowest BCUT2D eigenvalue weighted by Gasteiger charge is -2.43. The Balaban J connectivity index is 1.62. The van der Waals surface area contributed by atoms with E-state index < -0.39 is 46.8 Å². The quantitative estimate of drug-likeness (QED) is 0.361. The summed E-state index contributed by atoms with van der Waals surface area (Å²) in [7, 11) is 0. The number of aromatic hydroxyl groups is 2. The minimum atomic E-state index is -1.92. The maximum atomic E-state index is 13.5. The van der Waals surface area contributed by atoms with E-state index in [0.717, 1.165) is 0 Å². The smallest absolute Gasteiger partial charge is 0.198 e. The molecule has 1 fully saturated rings. The molecule has 4 N–H and O–H groups in total. The van der Waals surface area contributed by atoms with E-state index >= 15 is 0 Å². The fraction of sp³-hybridized carbons (Fsp3) is 0.500. The van der Waals surface area contributed by atoms with Gasteiger partial charge in [-0.15, -0.1) is 0 Å². The van der Waals surface area contributed by atoms with Crippen LogP contribution in [-0.4, -0.2) is 62.7 Å². The second kappa shape index (κ2) is 9.82. The number of hydrogen-bond acceptors (Lipinski definition) is 9. The van der Waals surface area contributed by atoms with Gasteiger partial charge in [0.25, 0.3) is 0 Å². The third-order valence-electron chi connectivity index (χ3n) is 8.48. The van der Waals surface area contributed by atoms with Crippen LogP contribution in [0.25, 0.3) is 0 Å². The van der Waals surface area contributed by atoms with Crippen molar-refractivity contribution in [1.82, 2.24) is 5.32 Å². The van der Waals surface area contributed by atoms with Crippen molar-refractivity contribution in [3.8, 4) is 11.5 Å². The molecule has 3 aliphatic rings. The standard InChI is InChI=1S/C30H35NO8/c1-13(2)31-20-10-22(38-15(4)14(20)3)39-21-12-30(37,16(5)32)11-19-23(21)29(36)25-24(28(19)35)26(33)17-8-6-7-9-18(17)27(25)34/h6-9,13-15,20-22,31,35-37H,10-12H2,1-5H3/t14-,15+,20+,21+,22+,30+/m1/s1. The molecular weight excluding hydrogens is 502 g/mol. The van der Waals surface area contributed by atoms with E-state index in [-0.39, 0.29) is 70.3 Å². The van der Waals surface area contributed by atoms with Gasteiger partial charge in [0.05, 0.1) is 23.3 Å². The first-order chi connectivity index (χ1) is 18.3. The first-order valence-electron chi connectivity index (χ1n) is 13.4. The number of ether oxygens (including phenoxy) is 2. The molecule has 2 aromatic rings. The number of ketones is 3. The fourth-order valence-electron chi connectivity index (χ4n) is 6.15. The molecule has 1 heterocycles. The molecule has 0 radical (unpaired) electrons. The van der Waals surface area contributed by atoms with Crippen molar-refractivity contribution in [3.63, 3.8) is 0 Å². The maximum Gasteiger partial charge on any atom is 0.198 e. The number of phenolic OH excluding ortho intramolecular Hbond substituents is 2. The molecule has 9 heteroatoms. The van der Waals surface area contributed by atoms with E-state index in [2.05, 4.69) is 12.2 Å². The zero-order valence-corrected chi connectivity index (χ0v) is 22.8. The Kier molecular flexibility index (Phi) is 6.91. The van der Waals surface area contributed by atoms with Crippen LogP contribution in [0.2, 0.25) is 0 Å². The van der Waals surface area contributed by atoms with Crippen LogP contribution in [0.15, 0.2) is 24.3 Å². The van der Waals surface area contributed by atoms with Crippen LogP contribution >= 0.6 is 0 Å². The molecule has 9 nitrogen and oxygen atoms in total. The first kappa shape index (κ1) is 27.5. The average molecular weight is 538 g/mol. The molecule has 0 spiro atoms. The van der Waals surface area contributed by atoms with Crippen LogP contribution in [0, 0.1) is 5.92 Å². The topological polar surface area (TPSA) is 142 Å². The summed E-state index contributed by atoms with van der Waals surface area (Å²) in [6.45, 7) is 9.37. The molecule has 39 heavy (non-hydrogen) atoms. The molecule has 0 bridgehead atoms. The molecule has 1 aliphatic heterocycles. The maximum absolute atomic E-state index is 13.5. The molecule has 0 aromatic heterocycles. The summed E-state index contributed by atoms with van der Waals surface area (Å²) in [5.41, 5.74) is -2.23. The molecular formula is C30H35NO8. The lowest BCUT2D eigenvalue weighted by molar-refractivity contribution is -0.239. The molecule has 1 saturated heterocycles. The number of phenols is 2. The van der Waals surface area contributed by atoms with Gasteiger partial charge in [-0.3, -0.25) is 14.4 Å². The van der Waals surface area contributed by atoms with Crippen molar-refractivity contribution in [1.29, 1.82) is 0 Å². The molecule has 2 aromatic carbocycles. The number of hydrogen-bond donors (Lipinski definition) is 4. The molecule has 5 rings (SSSR count). The van der Waals surface area contributed by atoms with Gasteiger partial charge < -0.3 is 30.1 Å². The largest absolute Gasteiger partial charge is 0.507 e. The number of carbonyl (C=O) groups excluding carboxylic acids is 3.